The lowest BCUT2D eigenvalue weighted by Crippen LogP contribution is -2.72. The Morgan fingerprint density at radius 2 is 1.84 bits per heavy atom. The molecule has 6 atom stereocenters. The van der Waals surface area contributed by atoms with Gasteiger partial charge >= 0.3 is 5.97 Å². The molecular formula is C22H21NO9. The third kappa shape index (κ3) is 2.82. The predicted molar refractivity (Wildman–Crippen MR) is 104 cm³/mol. The molecule has 0 spiro atoms. The molecule has 0 bridgehead atoms. The van der Waals surface area contributed by atoms with Crippen molar-refractivity contribution in [2.45, 2.75) is 37.9 Å². The highest BCUT2D eigenvalue weighted by Crippen LogP contribution is 2.51. The molecule has 0 aromatic heterocycles. The van der Waals surface area contributed by atoms with Gasteiger partial charge in [0.25, 0.3) is 0 Å². The molecule has 4 N–H and O–H groups in total. The summed E-state index contributed by atoms with van der Waals surface area (Å²) in [5.74, 6) is -12.8. The summed E-state index contributed by atoms with van der Waals surface area (Å²) in [5.41, 5.74) is 2.55. The van der Waals surface area contributed by atoms with E-state index in [-0.39, 0.29) is 24.2 Å². The Kier molecular flexibility index (Phi) is 5.00. The number of carbonyl (C=O) groups is 6. The van der Waals surface area contributed by atoms with E-state index in [2.05, 4.69) is 0 Å². The van der Waals surface area contributed by atoms with Crippen LogP contribution in [0.25, 0.3) is 0 Å². The van der Waals surface area contributed by atoms with E-state index < -0.39 is 76.8 Å². The third-order valence-electron chi connectivity index (χ3n) is 6.78. The number of hydrogen-bond acceptors (Lipinski definition) is 9. The van der Waals surface area contributed by atoms with E-state index in [0.29, 0.717) is 5.56 Å². The maximum absolute atomic E-state index is 13.5. The summed E-state index contributed by atoms with van der Waals surface area (Å²) in [6.07, 6.45) is -1.96. The topological polar surface area (TPSA) is 178 Å². The molecule has 3 aliphatic carbocycles. The Hall–Kier alpha value is -3.40. The number of Topliss-reactive ketones (excluding diaryl/α,β-unsaturated/α-hetero) is 4. The second-order valence-electron chi connectivity index (χ2n) is 8.44. The number of primary amides is 1. The molecule has 2 fully saturated rings. The zero-order valence-corrected chi connectivity index (χ0v) is 17.1. The third-order valence-corrected chi connectivity index (χ3v) is 6.78. The molecule has 168 valence electrons. The first-order valence-corrected chi connectivity index (χ1v) is 10.2. The molecule has 2 saturated carbocycles. The number of phenols is 1. The van der Waals surface area contributed by atoms with Crippen LogP contribution in [0, 0.1) is 23.7 Å². The van der Waals surface area contributed by atoms with Gasteiger partial charge in [0.15, 0.2) is 34.7 Å². The molecule has 1 aromatic rings. The summed E-state index contributed by atoms with van der Waals surface area (Å²) in [4.78, 5) is 76.2. The number of carbonyl (C=O) groups excluding carboxylic acids is 6. The molecule has 3 aliphatic rings. The standard InChI is InChI=1S/C22H21NO9/c1-2-13(26)32-18-9-6-8-4-3-5-11(24)14(8)17(27)15(9)19(28)22(31)10(18)7-12(25)16(20(22)29)21(23)30/h3-5,9-10,15-16,18,24,31H,2,6-7H2,1H3,(H2,23,30)/t9-,10-,15?,16?,18+,22+/m1/s1. The molecule has 10 heteroatoms. The molecule has 0 saturated heterocycles. The highest BCUT2D eigenvalue weighted by atomic mass is 16.5. The van der Waals surface area contributed by atoms with Crippen LogP contribution in [0.15, 0.2) is 18.2 Å². The summed E-state index contributed by atoms with van der Waals surface area (Å²) >= 11 is 0. The number of rotatable bonds is 3. The van der Waals surface area contributed by atoms with E-state index >= 15 is 0 Å². The molecule has 0 heterocycles. The number of ether oxygens (including phenoxy) is 1. The van der Waals surface area contributed by atoms with Crippen molar-refractivity contribution in [2.24, 2.45) is 29.4 Å². The highest BCUT2D eigenvalue weighted by Gasteiger charge is 2.70. The van der Waals surface area contributed by atoms with Crippen LogP contribution < -0.4 is 5.73 Å². The van der Waals surface area contributed by atoms with E-state index in [0.717, 1.165) is 0 Å². The number of esters is 1. The molecular weight excluding hydrogens is 422 g/mol. The SMILES string of the molecule is CCC(=O)O[C@H]1[C@@H]2Cc3cccc(O)c3C(=O)C2C(=O)[C@]2(O)C(=O)C(C(N)=O)C(=O)C[C@H]12. The Balaban J connectivity index is 1.90. The summed E-state index contributed by atoms with van der Waals surface area (Å²) in [6.45, 7) is 1.51. The van der Waals surface area contributed by atoms with Gasteiger partial charge in [-0.1, -0.05) is 19.1 Å². The van der Waals surface area contributed by atoms with Crippen molar-refractivity contribution in [3.63, 3.8) is 0 Å². The van der Waals surface area contributed by atoms with Crippen LogP contribution in [-0.2, 0) is 35.1 Å². The molecule has 2 unspecified atom stereocenters. The van der Waals surface area contributed by atoms with Crippen LogP contribution >= 0.6 is 0 Å². The second-order valence-corrected chi connectivity index (χ2v) is 8.44. The van der Waals surface area contributed by atoms with Crippen LogP contribution in [0.3, 0.4) is 0 Å². The molecule has 4 rings (SSSR count). The molecule has 1 amide bonds. The van der Waals surface area contributed by atoms with Gasteiger partial charge in [-0.3, -0.25) is 28.8 Å². The lowest BCUT2D eigenvalue weighted by atomic mass is 9.52. The molecule has 10 nitrogen and oxygen atoms in total. The minimum Gasteiger partial charge on any atom is -0.507 e. The first-order chi connectivity index (χ1) is 15.0. The summed E-state index contributed by atoms with van der Waals surface area (Å²) in [5, 5.41) is 21.5. The van der Waals surface area contributed by atoms with E-state index in [1.54, 1.807) is 6.07 Å². The fourth-order valence-corrected chi connectivity index (χ4v) is 5.30. The number of aromatic hydroxyl groups is 1. The summed E-state index contributed by atoms with van der Waals surface area (Å²) < 4.78 is 5.49. The van der Waals surface area contributed by atoms with Gasteiger partial charge < -0.3 is 20.7 Å². The van der Waals surface area contributed by atoms with Gasteiger partial charge in [-0.2, -0.15) is 0 Å². The first-order valence-electron chi connectivity index (χ1n) is 10.2. The number of amides is 1. The summed E-state index contributed by atoms with van der Waals surface area (Å²) in [6, 6.07) is 4.36. The number of nitrogens with two attached hydrogens (primary N) is 1. The van der Waals surface area contributed by atoms with Gasteiger partial charge in [0.2, 0.25) is 5.91 Å². The molecule has 32 heavy (non-hydrogen) atoms. The average molecular weight is 443 g/mol. The Bertz CT molecular complexity index is 1090. The van der Waals surface area contributed by atoms with Crippen molar-refractivity contribution in [3.8, 4) is 5.75 Å². The van der Waals surface area contributed by atoms with Crippen molar-refractivity contribution in [3.05, 3.63) is 29.3 Å². The first kappa shape index (κ1) is 21.8. The fourth-order valence-electron chi connectivity index (χ4n) is 5.30. The number of hydrogen-bond donors (Lipinski definition) is 3. The highest BCUT2D eigenvalue weighted by molar-refractivity contribution is 6.31. The van der Waals surface area contributed by atoms with Gasteiger partial charge in [-0.25, -0.2) is 0 Å². The van der Waals surface area contributed by atoms with Crippen molar-refractivity contribution in [2.75, 3.05) is 0 Å². The zero-order chi connectivity index (χ0) is 23.5. The monoisotopic (exact) mass is 443 g/mol. The van der Waals surface area contributed by atoms with Gasteiger partial charge in [0.1, 0.15) is 11.9 Å². The van der Waals surface area contributed by atoms with Crippen LogP contribution in [-0.4, -0.2) is 56.9 Å². The second kappa shape index (κ2) is 7.33. The Labute approximate surface area is 181 Å². The van der Waals surface area contributed by atoms with Crippen molar-refractivity contribution < 1.29 is 43.7 Å². The van der Waals surface area contributed by atoms with Crippen LogP contribution in [0.2, 0.25) is 0 Å². The van der Waals surface area contributed by atoms with Gasteiger partial charge in [0, 0.05) is 24.7 Å². The quantitative estimate of drug-likeness (QED) is 0.401. The molecule has 0 aliphatic heterocycles. The van der Waals surface area contributed by atoms with Crippen LogP contribution in [0.4, 0.5) is 0 Å². The minimum absolute atomic E-state index is 0.0295. The normalized spacial score (nSPS) is 33.8. The number of fused-ring (bicyclic) bond motifs is 3. The van der Waals surface area contributed by atoms with E-state index in [1.807, 2.05) is 0 Å². The lowest BCUT2D eigenvalue weighted by Gasteiger charge is -2.52. The largest absolute Gasteiger partial charge is 0.507 e. The zero-order valence-electron chi connectivity index (χ0n) is 17.1. The smallest absolute Gasteiger partial charge is 0.305 e. The molecule has 0 radical (unpaired) electrons. The lowest BCUT2D eigenvalue weighted by molar-refractivity contribution is -0.197. The van der Waals surface area contributed by atoms with E-state index in [1.165, 1.54) is 19.1 Å². The Morgan fingerprint density at radius 1 is 1.16 bits per heavy atom. The Morgan fingerprint density at radius 3 is 2.47 bits per heavy atom. The van der Waals surface area contributed by atoms with Gasteiger partial charge in [-0.05, 0) is 18.1 Å². The maximum Gasteiger partial charge on any atom is 0.305 e. The van der Waals surface area contributed by atoms with Crippen molar-refractivity contribution >= 4 is 35.0 Å². The number of phenolic OH excluding ortho intramolecular Hbond substituents is 1. The van der Waals surface area contributed by atoms with Gasteiger partial charge in [-0.15, -0.1) is 0 Å². The summed E-state index contributed by atoms with van der Waals surface area (Å²) in [7, 11) is 0. The van der Waals surface area contributed by atoms with E-state index in [9.17, 15) is 39.0 Å². The average Bonchev–Trinajstić information content (AvgIpc) is 2.73. The number of aliphatic hydroxyl groups is 1. The van der Waals surface area contributed by atoms with Crippen molar-refractivity contribution in [1.29, 1.82) is 0 Å². The maximum atomic E-state index is 13.5. The minimum atomic E-state index is -2.91. The van der Waals surface area contributed by atoms with Gasteiger partial charge in [0.05, 0.1) is 11.5 Å². The molecule has 1 aromatic carbocycles. The van der Waals surface area contributed by atoms with Crippen LogP contribution in [0.5, 0.6) is 5.75 Å². The van der Waals surface area contributed by atoms with E-state index in [4.69, 9.17) is 10.5 Å². The van der Waals surface area contributed by atoms with Crippen molar-refractivity contribution in [1.82, 2.24) is 0 Å². The number of benzene rings is 1. The predicted octanol–water partition coefficient (Wildman–Crippen LogP) is -0.741. The van der Waals surface area contributed by atoms with Crippen LogP contribution in [0.1, 0.15) is 35.7 Å². The fraction of sp³-hybridized carbons (Fsp3) is 0.455. The number of ketones is 4.